The molecule has 1 amide bonds. The highest BCUT2D eigenvalue weighted by Gasteiger charge is 2.25. The van der Waals surface area contributed by atoms with Gasteiger partial charge in [0.1, 0.15) is 11.5 Å². The Kier molecular flexibility index (Phi) is 8.57. The number of nitrogens with one attached hydrogen (secondary N) is 1. The van der Waals surface area contributed by atoms with Gasteiger partial charge in [-0.05, 0) is 80.6 Å². The monoisotopic (exact) mass is 438 g/mol. The maximum atomic E-state index is 13.0. The Balaban J connectivity index is 1.68. The second-order valence-electron chi connectivity index (χ2n) is 9.09. The van der Waals surface area contributed by atoms with Crippen molar-refractivity contribution < 1.29 is 14.3 Å². The molecule has 1 aliphatic heterocycles. The Morgan fingerprint density at radius 1 is 1.03 bits per heavy atom. The molecule has 0 spiro atoms. The van der Waals surface area contributed by atoms with Gasteiger partial charge in [0.25, 0.3) is 5.91 Å². The minimum absolute atomic E-state index is 0.0864. The van der Waals surface area contributed by atoms with Gasteiger partial charge in [-0.3, -0.25) is 9.69 Å². The second kappa shape index (κ2) is 11.4. The van der Waals surface area contributed by atoms with Crippen molar-refractivity contribution in [3.8, 4) is 11.5 Å². The molecule has 1 N–H and O–H groups in total. The molecule has 0 radical (unpaired) electrons. The highest BCUT2D eigenvalue weighted by molar-refractivity contribution is 5.80. The Morgan fingerprint density at radius 3 is 2.34 bits per heavy atom. The molecule has 1 aliphatic rings. The van der Waals surface area contributed by atoms with Crippen molar-refractivity contribution in [3.63, 3.8) is 0 Å². The first kappa shape index (κ1) is 24.1. The lowest BCUT2D eigenvalue weighted by molar-refractivity contribution is -0.127. The Hall–Kier alpha value is -2.53. The number of amides is 1. The third-order valence-corrected chi connectivity index (χ3v) is 6.27. The highest BCUT2D eigenvalue weighted by Crippen LogP contribution is 2.29. The highest BCUT2D eigenvalue weighted by atomic mass is 16.5. The molecule has 5 nitrogen and oxygen atoms in total. The molecule has 0 saturated carbocycles. The molecule has 1 heterocycles. The number of carbonyl (C=O) groups is 1. The molecule has 0 aromatic heterocycles. The summed E-state index contributed by atoms with van der Waals surface area (Å²) in [6, 6.07) is 14.5. The van der Waals surface area contributed by atoms with E-state index in [1.165, 1.54) is 24.8 Å². The van der Waals surface area contributed by atoms with Gasteiger partial charge in [0.2, 0.25) is 0 Å². The number of aryl methyl sites for hydroxylation is 1. The zero-order chi connectivity index (χ0) is 23.1. The first-order valence-corrected chi connectivity index (χ1v) is 11.8. The maximum absolute atomic E-state index is 13.0. The van der Waals surface area contributed by atoms with Crippen molar-refractivity contribution in [1.82, 2.24) is 10.2 Å². The zero-order valence-corrected chi connectivity index (χ0v) is 20.2. The third kappa shape index (κ3) is 6.26. The Bertz CT molecular complexity index is 873. The van der Waals surface area contributed by atoms with Gasteiger partial charge in [-0.25, -0.2) is 0 Å². The fourth-order valence-electron chi connectivity index (χ4n) is 4.32. The van der Waals surface area contributed by atoms with Crippen molar-refractivity contribution >= 4 is 5.91 Å². The summed E-state index contributed by atoms with van der Waals surface area (Å²) >= 11 is 0. The summed E-state index contributed by atoms with van der Waals surface area (Å²) in [6.07, 6.45) is 3.11. The lowest BCUT2D eigenvalue weighted by Gasteiger charge is -2.35. The van der Waals surface area contributed by atoms with E-state index >= 15 is 0 Å². The molecule has 2 unspecified atom stereocenters. The van der Waals surface area contributed by atoms with E-state index in [1.54, 1.807) is 7.11 Å². The first-order chi connectivity index (χ1) is 15.4. The summed E-state index contributed by atoms with van der Waals surface area (Å²) in [5.41, 5.74) is 3.45. The molecule has 3 rings (SSSR count). The topological polar surface area (TPSA) is 50.8 Å². The quantitative estimate of drug-likeness (QED) is 0.582. The van der Waals surface area contributed by atoms with Gasteiger partial charge in [0.15, 0.2) is 6.10 Å². The number of hydrogen-bond donors (Lipinski definition) is 1. The predicted octanol–water partition coefficient (Wildman–Crippen LogP) is 5.24. The molecular weight excluding hydrogens is 400 g/mol. The lowest BCUT2D eigenvalue weighted by Crippen LogP contribution is -2.44. The van der Waals surface area contributed by atoms with Crippen LogP contribution in [0.2, 0.25) is 0 Å². The number of nitrogens with zero attached hydrogens (tertiary/aromatic N) is 1. The van der Waals surface area contributed by atoms with Gasteiger partial charge in [0.05, 0.1) is 13.2 Å². The number of ether oxygens (including phenoxy) is 2. The number of rotatable bonds is 9. The van der Waals surface area contributed by atoms with Crippen LogP contribution >= 0.6 is 0 Å². The summed E-state index contributed by atoms with van der Waals surface area (Å²) < 4.78 is 11.4. The number of carbonyl (C=O) groups excluding carboxylic acids is 1. The summed E-state index contributed by atoms with van der Waals surface area (Å²) in [6.45, 7) is 10.8. The van der Waals surface area contributed by atoms with Crippen LogP contribution in [0.4, 0.5) is 0 Å². The fourth-order valence-corrected chi connectivity index (χ4v) is 4.32. The van der Waals surface area contributed by atoms with Crippen LogP contribution in [0.3, 0.4) is 0 Å². The van der Waals surface area contributed by atoms with Crippen LogP contribution in [0.5, 0.6) is 11.5 Å². The molecule has 32 heavy (non-hydrogen) atoms. The maximum Gasteiger partial charge on any atom is 0.260 e. The van der Waals surface area contributed by atoms with Crippen LogP contribution in [-0.2, 0) is 4.79 Å². The van der Waals surface area contributed by atoms with Gasteiger partial charge < -0.3 is 14.8 Å². The number of benzene rings is 2. The molecule has 0 aliphatic carbocycles. The Morgan fingerprint density at radius 2 is 1.72 bits per heavy atom. The molecular formula is C27H38N2O3. The number of hydrogen-bond acceptors (Lipinski definition) is 4. The van der Waals surface area contributed by atoms with E-state index in [4.69, 9.17) is 9.47 Å². The third-order valence-electron chi connectivity index (χ3n) is 6.27. The summed E-state index contributed by atoms with van der Waals surface area (Å²) in [5.74, 6) is 1.89. The summed E-state index contributed by atoms with van der Waals surface area (Å²) in [7, 11) is 1.68. The summed E-state index contributed by atoms with van der Waals surface area (Å²) in [4.78, 5) is 15.4. The van der Waals surface area contributed by atoms with Crippen LogP contribution in [0.15, 0.2) is 42.5 Å². The van der Waals surface area contributed by atoms with Gasteiger partial charge in [-0.1, -0.05) is 44.5 Å². The summed E-state index contributed by atoms with van der Waals surface area (Å²) in [5, 5.41) is 3.15. The van der Waals surface area contributed by atoms with Crippen molar-refractivity contribution in [1.29, 1.82) is 0 Å². The molecule has 5 heteroatoms. The van der Waals surface area contributed by atoms with Crippen LogP contribution in [0.25, 0.3) is 0 Å². The van der Waals surface area contributed by atoms with Crippen LogP contribution < -0.4 is 14.8 Å². The molecule has 174 valence electrons. The molecule has 2 aromatic rings. The Labute approximate surface area is 193 Å². The molecule has 0 bridgehead atoms. The van der Waals surface area contributed by atoms with Crippen molar-refractivity contribution in [3.05, 3.63) is 59.2 Å². The van der Waals surface area contributed by atoms with Crippen molar-refractivity contribution in [2.75, 3.05) is 26.7 Å². The average molecular weight is 439 g/mol. The smallest absolute Gasteiger partial charge is 0.260 e. The number of methoxy groups -OCH3 is 1. The van der Waals surface area contributed by atoms with Gasteiger partial charge in [-0.15, -0.1) is 0 Å². The normalized spacial score (nSPS) is 16.4. The molecule has 2 atom stereocenters. The minimum atomic E-state index is -0.563. The van der Waals surface area contributed by atoms with E-state index in [9.17, 15) is 4.79 Å². The van der Waals surface area contributed by atoms with Gasteiger partial charge in [-0.2, -0.15) is 0 Å². The fraction of sp³-hybridized carbons (Fsp3) is 0.519. The number of likely N-dealkylation sites (tertiary alicyclic amines) is 1. The van der Waals surface area contributed by atoms with Gasteiger partial charge >= 0.3 is 0 Å². The van der Waals surface area contributed by atoms with Crippen molar-refractivity contribution in [2.24, 2.45) is 0 Å². The minimum Gasteiger partial charge on any atom is -0.497 e. The van der Waals surface area contributed by atoms with E-state index in [2.05, 4.69) is 48.3 Å². The average Bonchev–Trinajstić information content (AvgIpc) is 2.80. The van der Waals surface area contributed by atoms with E-state index in [1.807, 2.05) is 32.0 Å². The largest absolute Gasteiger partial charge is 0.497 e. The van der Waals surface area contributed by atoms with Crippen molar-refractivity contribution in [2.45, 2.75) is 65.0 Å². The SMILES string of the molecule is COc1ccc(C(CNC(=O)C(C)Oc2cc(C)ccc2C(C)C)N2CCCCC2)cc1. The van der Waals surface area contributed by atoms with E-state index in [-0.39, 0.29) is 11.9 Å². The van der Waals surface area contributed by atoms with Crippen LogP contribution in [-0.4, -0.2) is 43.7 Å². The predicted molar refractivity (Wildman–Crippen MR) is 130 cm³/mol. The second-order valence-corrected chi connectivity index (χ2v) is 9.09. The molecule has 1 fully saturated rings. The van der Waals surface area contributed by atoms with E-state index < -0.39 is 6.10 Å². The van der Waals surface area contributed by atoms with Crippen LogP contribution in [0, 0.1) is 6.92 Å². The van der Waals surface area contributed by atoms with Crippen LogP contribution in [0.1, 0.15) is 68.7 Å². The number of piperidine rings is 1. The van der Waals surface area contributed by atoms with Gasteiger partial charge in [0, 0.05) is 6.54 Å². The molecule has 2 aromatic carbocycles. The van der Waals surface area contributed by atoms with E-state index in [0.717, 1.165) is 35.7 Å². The zero-order valence-electron chi connectivity index (χ0n) is 20.2. The lowest BCUT2D eigenvalue weighted by atomic mass is 10.0. The molecule has 1 saturated heterocycles. The van der Waals surface area contributed by atoms with E-state index in [0.29, 0.717) is 12.5 Å². The standard InChI is InChI=1S/C27H38N2O3/c1-19(2)24-14-9-20(3)17-26(24)32-21(4)27(30)28-18-25(29-15-7-6-8-16-29)22-10-12-23(31-5)13-11-22/h9-14,17,19,21,25H,6-8,15-16,18H2,1-5H3,(H,28,30). The first-order valence-electron chi connectivity index (χ1n) is 11.8.